The van der Waals surface area contributed by atoms with E-state index in [2.05, 4.69) is 10.2 Å². The van der Waals surface area contributed by atoms with Gasteiger partial charge in [-0.15, -0.1) is 0 Å². The van der Waals surface area contributed by atoms with Crippen LogP contribution in [-0.4, -0.2) is 64.1 Å². The highest BCUT2D eigenvalue weighted by atomic mass is 16.3. The number of Topliss-reactive ketones (excluding diaryl/α,β-unsaturated/α-hetero) is 2. The molecule has 6 nitrogen and oxygen atoms in total. The van der Waals surface area contributed by atoms with E-state index in [1.807, 2.05) is 24.3 Å². The van der Waals surface area contributed by atoms with E-state index in [0.29, 0.717) is 11.1 Å². The fourth-order valence-electron chi connectivity index (χ4n) is 3.89. The minimum atomic E-state index is -1.41. The maximum atomic E-state index is 12.4. The standard InChI is InChI=1S/C25H32N2O4/c1-24(2,30)22(28)19-9-5-17(6-10-19)21(27-15-13-26-14-16-27)18-7-11-20(12-8-18)23(29)25(3,4)31/h5-12,21,26,30-31H,13-16H2,1-4H3. The van der Waals surface area contributed by atoms with Crippen molar-refractivity contribution in [3.05, 3.63) is 70.8 Å². The molecule has 0 unspecified atom stereocenters. The van der Waals surface area contributed by atoms with Crippen molar-refractivity contribution >= 4 is 11.6 Å². The number of rotatable bonds is 7. The molecule has 2 aromatic carbocycles. The number of aliphatic hydroxyl groups is 2. The number of hydrogen-bond donors (Lipinski definition) is 3. The van der Waals surface area contributed by atoms with E-state index >= 15 is 0 Å². The Morgan fingerprint density at radius 2 is 1.13 bits per heavy atom. The molecule has 31 heavy (non-hydrogen) atoms. The van der Waals surface area contributed by atoms with Gasteiger partial charge in [0.05, 0.1) is 6.04 Å². The van der Waals surface area contributed by atoms with Gasteiger partial charge in [-0.25, -0.2) is 0 Å². The molecule has 0 aliphatic carbocycles. The molecule has 2 aromatic rings. The lowest BCUT2D eigenvalue weighted by molar-refractivity contribution is 0.0487. The predicted molar refractivity (Wildman–Crippen MR) is 120 cm³/mol. The fourth-order valence-corrected chi connectivity index (χ4v) is 3.89. The molecule has 0 radical (unpaired) electrons. The molecule has 0 bridgehead atoms. The highest BCUT2D eigenvalue weighted by Gasteiger charge is 2.28. The zero-order valence-corrected chi connectivity index (χ0v) is 18.7. The van der Waals surface area contributed by atoms with E-state index in [0.717, 1.165) is 37.3 Å². The zero-order valence-electron chi connectivity index (χ0n) is 18.7. The van der Waals surface area contributed by atoms with Gasteiger partial charge < -0.3 is 15.5 Å². The van der Waals surface area contributed by atoms with Gasteiger partial charge in [-0.2, -0.15) is 0 Å². The molecule has 0 atom stereocenters. The van der Waals surface area contributed by atoms with Crippen LogP contribution < -0.4 is 5.32 Å². The third-order valence-corrected chi connectivity index (χ3v) is 5.61. The average Bonchev–Trinajstić information content (AvgIpc) is 2.73. The summed E-state index contributed by atoms with van der Waals surface area (Å²) in [7, 11) is 0. The Labute approximate surface area is 183 Å². The molecular formula is C25H32N2O4. The molecule has 0 saturated carbocycles. The Kier molecular flexibility index (Phi) is 6.76. The summed E-state index contributed by atoms with van der Waals surface area (Å²) < 4.78 is 0. The van der Waals surface area contributed by atoms with Gasteiger partial charge >= 0.3 is 0 Å². The first-order chi connectivity index (χ1) is 14.5. The predicted octanol–water partition coefficient (Wildman–Crippen LogP) is 2.59. The van der Waals surface area contributed by atoms with E-state index in [-0.39, 0.29) is 17.6 Å². The van der Waals surface area contributed by atoms with E-state index < -0.39 is 11.2 Å². The summed E-state index contributed by atoms with van der Waals surface area (Å²) in [5.74, 6) is -0.625. The van der Waals surface area contributed by atoms with Crippen LogP contribution in [0.15, 0.2) is 48.5 Å². The second-order valence-corrected chi connectivity index (χ2v) is 9.21. The van der Waals surface area contributed by atoms with Crippen LogP contribution in [0.2, 0.25) is 0 Å². The first kappa shape index (κ1) is 23.3. The van der Waals surface area contributed by atoms with Crippen molar-refractivity contribution in [2.45, 2.75) is 44.9 Å². The number of ketones is 2. The van der Waals surface area contributed by atoms with Crippen LogP contribution in [0.1, 0.15) is 65.6 Å². The number of carbonyl (C=O) groups is 2. The molecule has 3 rings (SSSR count). The molecule has 0 amide bonds. The van der Waals surface area contributed by atoms with Gasteiger partial charge in [-0.1, -0.05) is 48.5 Å². The van der Waals surface area contributed by atoms with Gasteiger partial charge in [-0.3, -0.25) is 14.5 Å². The summed E-state index contributed by atoms with van der Waals surface area (Å²) in [5.41, 5.74) is 0.194. The van der Waals surface area contributed by atoms with Crippen molar-refractivity contribution < 1.29 is 19.8 Å². The van der Waals surface area contributed by atoms with Crippen LogP contribution in [0, 0.1) is 0 Å². The second-order valence-electron chi connectivity index (χ2n) is 9.21. The number of benzene rings is 2. The van der Waals surface area contributed by atoms with E-state index in [1.165, 1.54) is 27.7 Å². The number of hydrogen-bond acceptors (Lipinski definition) is 6. The number of nitrogens with zero attached hydrogens (tertiary/aromatic N) is 1. The smallest absolute Gasteiger partial charge is 0.193 e. The minimum absolute atomic E-state index is 0.0281. The number of piperazine rings is 1. The largest absolute Gasteiger partial charge is 0.382 e. The third kappa shape index (κ3) is 5.46. The molecule has 3 N–H and O–H groups in total. The van der Waals surface area contributed by atoms with Crippen molar-refractivity contribution in [1.82, 2.24) is 10.2 Å². The quantitative estimate of drug-likeness (QED) is 0.592. The normalized spacial score (nSPS) is 15.8. The number of carbonyl (C=O) groups excluding carboxylic acids is 2. The molecule has 1 heterocycles. The summed E-state index contributed by atoms with van der Waals surface area (Å²) in [6.45, 7) is 9.49. The van der Waals surface area contributed by atoms with Crippen molar-refractivity contribution in [2.24, 2.45) is 0 Å². The molecule has 1 aliphatic heterocycles. The maximum absolute atomic E-state index is 12.4. The highest BCUT2D eigenvalue weighted by Crippen LogP contribution is 2.30. The highest BCUT2D eigenvalue weighted by molar-refractivity contribution is 6.02. The van der Waals surface area contributed by atoms with Crippen LogP contribution in [0.4, 0.5) is 0 Å². The Balaban J connectivity index is 1.94. The van der Waals surface area contributed by atoms with Gasteiger partial charge in [0.15, 0.2) is 11.6 Å². The van der Waals surface area contributed by atoms with Crippen molar-refractivity contribution in [3.63, 3.8) is 0 Å². The van der Waals surface area contributed by atoms with Crippen LogP contribution in [0.3, 0.4) is 0 Å². The zero-order chi connectivity index (χ0) is 22.8. The molecule has 6 heteroatoms. The fraction of sp³-hybridized carbons (Fsp3) is 0.440. The Morgan fingerprint density at radius 1 is 0.774 bits per heavy atom. The Hall–Kier alpha value is -2.38. The first-order valence-electron chi connectivity index (χ1n) is 10.7. The monoisotopic (exact) mass is 424 g/mol. The molecule has 166 valence electrons. The Morgan fingerprint density at radius 3 is 1.45 bits per heavy atom. The van der Waals surface area contributed by atoms with E-state index in [4.69, 9.17) is 0 Å². The molecular weight excluding hydrogens is 392 g/mol. The average molecular weight is 425 g/mol. The topological polar surface area (TPSA) is 89.9 Å². The Bertz CT molecular complexity index is 846. The lowest BCUT2D eigenvalue weighted by Crippen LogP contribution is -2.45. The second kappa shape index (κ2) is 9.01. The maximum Gasteiger partial charge on any atom is 0.193 e. The summed E-state index contributed by atoms with van der Waals surface area (Å²) >= 11 is 0. The molecule has 1 aliphatic rings. The van der Waals surface area contributed by atoms with Gasteiger partial charge in [0.25, 0.3) is 0 Å². The summed E-state index contributed by atoms with van der Waals surface area (Å²) in [6, 6.07) is 14.7. The molecule has 1 saturated heterocycles. The molecule has 0 spiro atoms. The van der Waals surface area contributed by atoms with Gasteiger partial charge in [0, 0.05) is 37.3 Å². The van der Waals surface area contributed by atoms with Crippen molar-refractivity contribution in [1.29, 1.82) is 0 Å². The van der Waals surface area contributed by atoms with Gasteiger partial charge in [-0.05, 0) is 38.8 Å². The van der Waals surface area contributed by atoms with Crippen LogP contribution in [0.5, 0.6) is 0 Å². The SMILES string of the molecule is CC(C)(O)C(=O)c1ccc(C(c2ccc(C(=O)C(C)(C)O)cc2)N2CCNCC2)cc1. The summed E-state index contributed by atoms with van der Waals surface area (Å²) in [4.78, 5) is 27.1. The lowest BCUT2D eigenvalue weighted by Gasteiger charge is -2.35. The van der Waals surface area contributed by atoms with E-state index in [1.54, 1.807) is 24.3 Å². The summed E-state index contributed by atoms with van der Waals surface area (Å²) in [6.07, 6.45) is 0. The molecule has 1 fully saturated rings. The van der Waals surface area contributed by atoms with Crippen LogP contribution in [0.25, 0.3) is 0 Å². The molecule has 0 aromatic heterocycles. The summed E-state index contributed by atoms with van der Waals surface area (Å²) in [5, 5.41) is 23.4. The van der Waals surface area contributed by atoms with Crippen molar-refractivity contribution in [3.8, 4) is 0 Å². The minimum Gasteiger partial charge on any atom is -0.382 e. The van der Waals surface area contributed by atoms with Gasteiger partial charge in [0.1, 0.15) is 11.2 Å². The first-order valence-corrected chi connectivity index (χ1v) is 10.7. The van der Waals surface area contributed by atoms with Gasteiger partial charge in [0.2, 0.25) is 0 Å². The van der Waals surface area contributed by atoms with Crippen LogP contribution >= 0.6 is 0 Å². The van der Waals surface area contributed by atoms with E-state index in [9.17, 15) is 19.8 Å². The number of nitrogens with one attached hydrogen (secondary N) is 1. The lowest BCUT2D eigenvalue weighted by atomic mass is 9.90. The van der Waals surface area contributed by atoms with Crippen molar-refractivity contribution in [2.75, 3.05) is 26.2 Å². The van der Waals surface area contributed by atoms with Crippen LogP contribution in [-0.2, 0) is 0 Å². The third-order valence-electron chi connectivity index (χ3n) is 5.61.